The zero-order valence-electron chi connectivity index (χ0n) is 17.1. The molecule has 2 N–H and O–H groups in total. The molecule has 0 unspecified atom stereocenters. The molecule has 0 aliphatic heterocycles. The Morgan fingerprint density at radius 1 is 1.10 bits per heavy atom. The summed E-state index contributed by atoms with van der Waals surface area (Å²) in [5, 5.41) is 2.80. The van der Waals surface area contributed by atoms with Crippen molar-refractivity contribution in [3.63, 3.8) is 0 Å². The van der Waals surface area contributed by atoms with Crippen molar-refractivity contribution in [2.24, 2.45) is 0 Å². The largest absolute Gasteiger partial charge is 0.351 e. The number of aryl methyl sites for hydroxylation is 1. The summed E-state index contributed by atoms with van der Waals surface area (Å²) in [7, 11) is -3.71. The third-order valence-electron chi connectivity index (χ3n) is 5.74. The summed E-state index contributed by atoms with van der Waals surface area (Å²) in [6.45, 7) is 3.68. The van der Waals surface area contributed by atoms with Crippen molar-refractivity contribution >= 4 is 15.9 Å². The summed E-state index contributed by atoms with van der Waals surface area (Å²) in [5.74, 6) is -1.69. The van der Waals surface area contributed by atoms with Gasteiger partial charge in [-0.2, -0.15) is 0 Å². The van der Waals surface area contributed by atoms with E-state index in [0.717, 1.165) is 12.8 Å². The summed E-state index contributed by atoms with van der Waals surface area (Å²) in [5.41, 5.74) is 0.0338. The lowest BCUT2D eigenvalue weighted by molar-refractivity contribution is 0.0941. The van der Waals surface area contributed by atoms with E-state index in [1.165, 1.54) is 30.3 Å². The molecule has 0 saturated heterocycles. The molecule has 1 amide bonds. The minimum atomic E-state index is -3.71. The number of hydrogen-bond donors (Lipinski definition) is 2. The van der Waals surface area contributed by atoms with E-state index in [2.05, 4.69) is 10.0 Å². The van der Waals surface area contributed by atoms with Gasteiger partial charge in [0.2, 0.25) is 10.0 Å². The molecular weight excluding hydrogens is 410 g/mol. The Morgan fingerprint density at radius 3 is 2.33 bits per heavy atom. The second-order valence-electron chi connectivity index (χ2n) is 7.74. The minimum absolute atomic E-state index is 0.00386. The topological polar surface area (TPSA) is 75.3 Å². The second-order valence-corrected chi connectivity index (χ2v) is 9.51. The highest BCUT2D eigenvalue weighted by Gasteiger charge is 2.40. The number of halogens is 2. The molecular formula is C22H26F2N2O3S. The fourth-order valence-electron chi connectivity index (χ4n) is 4.20. The van der Waals surface area contributed by atoms with Crippen LogP contribution in [0.2, 0.25) is 0 Å². The van der Waals surface area contributed by atoms with E-state index in [1.807, 2.05) is 0 Å². The molecule has 0 heterocycles. The zero-order valence-corrected chi connectivity index (χ0v) is 17.9. The van der Waals surface area contributed by atoms with Crippen molar-refractivity contribution in [1.29, 1.82) is 0 Å². The van der Waals surface area contributed by atoms with Crippen molar-refractivity contribution in [1.82, 2.24) is 10.0 Å². The van der Waals surface area contributed by atoms with Gasteiger partial charge in [-0.15, -0.1) is 0 Å². The number of hydrogen-bond acceptors (Lipinski definition) is 3. The highest BCUT2D eigenvalue weighted by atomic mass is 32.2. The number of sulfonamides is 1. The number of benzene rings is 2. The smallest absolute Gasteiger partial charge is 0.251 e. The molecule has 5 nitrogen and oxygen atoms in total. The van der Waals surface area contributed by atoms with Crippen LogP contribution in [0.3, 0.4) is 0 Å². The van der Waals surface area contributed by atoms with E-state index in [0.29, 0.717) is 18.4 Å². The van der Waals surface area contributed by atoms with Crippen molar-refractivity contribution in [3.8, 4) is 0 Å². The first-order chi connectivity index (χ1) is 14.2. The minimum Gasteiger partial charge on any atom is -0.351 e. The van der Waals surface area contributed by atoms with E-state index < -0.39 is 33.0 Å². The Kier molecular flexibility index (Phi) is 6.57. The van der Waals surface area contributed by atoms with Crippen LogP contribution in [0.15, 0.2) is 41.3 Å². The van der Waals surface area contributed by atoms with Gasteiger partial charge in [0.15, 0.2) is 0 Å². The number of carbonyl (C=O) groups excluding carboxylic acids is 1. The van der Waals surface area contributed by atoms with Crippen LogP contribution in [0, 0.1) is 18.6 Å². The first kappa shape index (κ1) is 22.4. The Morgan fingerprint density at radius 2 is 1.73 bits per heavy atom. The van der Waals surface area contributed by atoms with E-state index in [4.69, 9.17) is 0 Å². The quantitative estimate of drug-likeness (QED) is 0.693. The van der Waals surface area contributed by atoms with Gasteiger partial charge in [0.25, 0.3) is 5.91 Å². The molecule has 3 rings (SSSR count). The van der Waals surface area contributed by atoms with Gasteiger partial charge in [-0.25, -0.2) is 21.9 Å². The molecule has 30 heavy (non-hydrogen) atoms. The average molecular weight is 437 g/mol. The van der Waals surface area contributed by atoms with Crippen molar-refractivity contribution in [3.05, 3.63) is 64.7 Å². The molecule has 0 spiro atoms. The lowest BCUT2D eigenvalue weighted by Crippen LogP contribution is -2.40. The number of rotatable bonds is 7. The predicted molar refractivity (Wildman–Crippen MR) is 111 cm³/mol. The maximum Gasteiger partial charge on any atom is 0.251 e. The Balaban J connectivity index is 1.87. The fraction of sp³-hybridized carbons (Fsp3) is 0.409. The number of amides is 1. The van der Waals surface area contributed by atoms with E-state index in [1.54, 1.807) is 19.9 Å². The molecule has 162 valence electrons. The van der Waals surface area contributed by atoms with E-state index >= 15 is 0 Å². The maximum atomic E-state index is 14.5. The van der Waals surface area contributed by atoms with E-state index in [9.17, 15) is 22.0 Å². The summed E-state index contributed by atoms with van der Waals surface area (Å²) in [6.07, 6.45) is 2.77. The molecule has 2 aromatic carbocycles. The maximum absolute atomic E-state index is 14.5. The monoisotopic (exact) mass is 436 g/mol. The highest BCUT2D eigenvalue weighted by Crippen LogP contribution is 2.42. The first-order valence-electron chi connectivity index (χ1n) is 10.0. The molecule has 1 saturated carbocycles. The summed E-state index contributed by atoms with van der Waals surface area (Å²) in [6, 6.07) is 8.14. The Bertz CT molecular complexity index is 1030. The molecule has 0 aromatic heterocycles. The third kappa shape index (κ3) is 4.39. The Labute approximate surface area is 175 Å². The lowest BCUT2D eigenvalue weighted by Gasteiger charge is -2.30. The highest BCUT2D eigenvalue weighted by molar-refractivity contribution is 7.89. The van der Waals surface area contributed by atoms with Crippen molar-refractivity contribution < 1.29 is 22.0 Å². The second kappa shape index (κ2) is 8.81. The van der Waals surface area contributed by atoms with Crippen LogP contribution in [0.4, 0.5) is 8.78 Å². The normalized spacial score (nSPS) is 15.9. The van der Waals surface area contributed by atoms with Crippen molar-refractivity contribution in [2.45, 2.75) is 49.8 Å². The molecule has 1 fully saturated rings. The molecule has 0 bridgehead atoms. The standard InChI is InChI=1S/C22H26F2N2O3S/c1-3-26-30(28,29)16-10-9-15(2)17(13-16)21(27)25-14-22(11-4-5-12-22)20-18(23)7-6-8-19(20)24/h6-10,13,26H,3-5,11-12,14H2,1-2H3,(H,25,27). The van der Waals surface area contributed by atoms with Crippen LogP contribution in [0.5, 0.6) is 0 Å². The summed E-state index contributed by atoms with van der Waals surface area (Å²) < 4.78 is 55.9. The first-order valence-corrected chi connectivity index (χ1v) is 11.5. The molecule has 0 atom stereocenters. The van der Waals surface area contributed by atoms with Crippen LogP contribution in [-0.4, -0.2) is 27.4 Å². The molecule has 1 aliphatic carbocycles. The van der Waals surface area contributed by atoms with Gasteiger partial charge in [-0.1, -0.05) is 31.9 Å². The Hall–Kier alpha value is -2.32. The van der Waals surface area contributed by atoms with Crippen molar-refractivity contribution in [2.75, 3.05) is 13.1 Å². The van der Waals surface area contributed by atoms with Gasteiger partial charge < -0.3 is 5.32 Å². The van der Waals surface area contributed by atoms with Gasteiger partial charge in [-0.3, -0.25) is 4.79 Å². The van der Waals surface area contributed by atoms with Crippen LogP contribution >= 0.6 is 0 Å². The average Bonchev–Trinajstić information content (AvgIpc) is 3.16. The van der Waals surface area contributed by atoms with Gasteiger partial charge in [0.05, 0.1) is 4.90 Å². The van der Waals surface area contributed by atoms with Crippen LogP contribution in [0.1, 0.15) is 54.1 Å². The number of nitrogens with one attached hydrogen (secondary N) is 2. The van der Waals surface area contributed by atoms with Gasteiger partial charge in [0, 0.05) is 29.6 Å². The summed E-state index contributed by atoms with van der Waals surface area (Å²) >= 11 is 0. The predicted octanol–water partition coefficient (Wildman–Crippen LogP) is 3.81. The number of carbonyl (C=O) groups is 1. The third-order valence-corrected chi connectivity index (χ3v) is 7.28. The van der Waals surface area contributed by atoms with E-state index in [-0.39, 0.29) is 29.1 Å². The van der Waals surface area contributed by atoms with Crippen LogP contribution in [-0.2, 0) is 15.4 Å². The van der Waals surface area contributed by atoms with Gasteiger partial charge >= 0.3 is 0 Å². The van der Waals surface area contributed by atoms with Crippen LogP contribution in [0.25, 0.3) is 0 Å². The zero-order chi connectivity index (χ0) is 21.9. The fourth-order valence-corrected chi connectivity index (χ4v) is 5.27. The van der Waals surface area contributed by atoms with Gasteiger partial charge in [0.1, 0.15) is 11.6 Å². The van der Waals surface area contributed by atoms with Gasteiger partial charge in [-0.05, 0) is 49.6 Å². The molecule has 2 aromatic rings. The molecule has 0 radical (unpaired) electrons. The SMILES string of the molecule is CCNS(=O)(=O)c1ccc(C)c(C(=O)NCC2(c3c(F)cccc3F)CCCC2)c1. The molecule has 8 heteroatoms. The summed E-state index contributed by atoms with van der Waals surface area (Å²) in [4.78, 5) is 12.9. The molecule has 1 aliphatic rings. The lowest BCUT2D eigenvalue weighted by atomic mass is 9.78. The van der Waals surface area contributed by atoms with Crippen LogP contribution < -0.4 is 10.0 Å².